The first-order chi connectivity index (χ1) is 13.3. The molecule has 2 heterocycles. The van der Waals surface area contributed by atoms with Crippen LogP contribution in [0.1, 0.15) is 17.5 Å². The summed E-state index contributed by atoms with van der Waals surface area (Å²) in [7, 11) is 1.65. The molecule has 0 aliphatic rings. The summed E-state index contributed by atoms with van der Waals surface area (Å²) in [4.78, 5) is 16.0. The lowest BCUT2D eigenvalue weighted by Crippen LogP contribution is -2.27. The molecule has 0 saturated heterocycles. The van der Waals surface area contributed by atoms with Crippen LogP contribution in [-0.2, 0) is 17.9 Å². The van der Waals surface area contributed by atoms with Gasteiger partial charge in [-0.15, -0.1) is 0 Å². The minimum Gasteiger partial charge on any atom is -0.497 e. The number of aromatic amines is 1. The molecule has 1 amide bonds. The Labute approximate surface area is 158 Å². The van der Waals surface area contributed by atoms with Crippen LogP contribution >= 0.6 is 0 Å². The summed E-state index contributed by atoms with van der Waals surface area (Å²) in [6.45, 7) is 1.72. The maximum Gasteiger partial charge on any atom is 0.221 e. The van der Waals surface area contributed by atoms with Crippen LogP contribution in [0.2, 0.25) is 0 Å². The molecule has 0 radical (unpaired) electrons. The molecule has 0 unspecified atom stereocenters. The van der Waals surface area contributed by atoms with Crippen LogP contribution in [0, 0.1) is 0 Å². The van der Waals surface area contributed by atoms with Gasteiger partial charge in [0.25, 0.3) is 0 Å². The summed E-state index contributed by atoms with van der Waals surface area (Å²) in [6.07, 6.45) is 5.68. The summed E-state index contributed by atoms with van der Waals surface area (Å²) >= 11 is 0. The fourth-order valence-electron chi connectivity index (χ4n) is 2.67. The van der Waals surface area contributed by atoms with Crippen molar-refractivity contribution < 1.29 is 9.53 Å². The summed E-state index contributed by atoms with van der Waals surface area (Å²) in [5.74, 6) is 0.823. The number of carbonyl (C=O) groups excluding carboxylic acids is 1. The van der Waals surface area contributed by atoms with Gasteiger partial charge in [0.05, 0.1) is 19.0 Å². The third-order valence-electron chi connectivity index (χ3n) is 4.15. The monoisotopic (exact) mass is 365 g/mol. The van der Waals surface area contributed by atoms with E-state index in [1.54, 1.807) is 25.7 Å². The van der Waals surface area contributed by atoms with Gasteiger partial charge < -0.3 is 15.4 Å². The second-order valence-corrected chi connectivity index (χ2v) is 6.06. The van der Waals surface area contributed by atoms with Crippen LogP contribution in [0.4, 0.5) is 0 Å². The van der Waals surface area contributed by atoms with Crippen LogP contribution in [0.3, 0.4) is 0 Å². The fourth-order valence-corrected chi connectivity index (χ4v) is 2.67. The van der Waals surface area contributed by atoms with E-state index >= 15 is 0 Å². The number of methoxy groups -OCH3 is 1. The van der Waals surface area contributed by atoms with Gasteiger partial charge in [-0.2, -0.15) is 5.10 Å². The predicted molar refractivity (Wildman–Crippen MR) is 103 cm³/mol. The second kappa shape index (κ2) is 9.49. The number of ether oxygens (including phenoxy) is 1. The van der Waals surface area contributed by atoms with Gasteiger partial charge >= 0.3 is 0 Å². The van der Waals surface area contributed by atoms with E-state index < -0.39 is 0 Å². The molecule has 7 heteroatoms. The highest BCUT2D eigenvalue weighted by atomic mass is 16.5. The van der Waals surface area contributed by atoms with Gasteiger partial charge in [-0.05, 0) is 35.9 Å². The van der Waals surface area contributed by atoms with Gasteiger partial charge in [0.15, 0.2) is 0 Å². The average Bonchev–Trinajstić information content (AvgIpc) is 3.19. The van der Waals surface area contributed by atoms with Crippen molar-refractivity contribution >= 4 is 5.91 Å². The van der Waals surface area contributed by atoms with Gasteiger partial charge in [-0.3, -0.25) is 14.9 Å². The van der Waals surface area contributed by atoms with Gasteiger partial charge in [0, 0.05) is 49.6 Å². The zero-order valence-corrected chi connectivity index (χ0v) is 15.2. The molecule has 2 aromatic heterocycles. The number of aromatic nitrogens is 3. The van der Waals surface area contributed by atoms with E-state index in [9.17, 15) is 4.79 Å². The first-order valence-electron chi connectivity index (χ1n) is 8.79. The van der Waals surface area contributed by atoms with Gasteiger partial charge in [0.1, 0.15) is 5.75 Å². The average molecular weight is 365 g/mol. The molecule has 0 bridgehead atoms. The summed E-state index contributed by atoms with van der Waals surface area (Å²) in [6, 6.07) is 11.6. The molecular weight excluding hydrogens is 342 g/mol. The Hall–Kier alpha value is -3.19. The van der Waals surface area contributed by atoms with E-state index in [2.05, 4.69) is 25.8 Å². The maximum absolute atomic E-state index is 11.9. The molecule has 3 aromatic rings. The first-order valence-corrected chi connectivity index (χ1v) is 8.79. The van der Waals surface area contributed by atoms with Gasteiger partial charge in [-0.25, -0.2) is 0 Å². The Bertz CT molecular complexity index is 846. The molecule has 0 atom stereocenters. The molecule has 3 N–H and O–H groups in total. The van der Waals surface area contributed by atoms with Crippen molar-refractivity contribution in [1.82, 2.24) is 25.8 Å². The van der Waals surface area contributed by atoms with E-state index in [-0.39, 0.29) is 5.91 Å². The first kappa shape index (κ1) is 18.6. The smallest absolute Gasteiger partial charge is 0.221 e. The van der Waals surface area contributed by atoms with Gasteiger partial charge in [-0.1, -0.05) is 6.07 Å². The van der Waals surface area contributed by atoms with E-state index in [4.69, 9.17) is 4.74 Å². The zero-order chi connectivity index (χ0) is 18.9. The number of pyridine rings is 1. The molecule has 140 valence electrons. The zero-order valence-electron chi connectivity index (χ0n) is 15.2. The highest BCUT2D eigenvalue weighted by Crippen LogP contribution is 2.23. The van der Waals surface area contributed by atoms with E-state index in [0.29, 0.717) is 26.1 Å². The summed E-state index contributed by atoms with van der Waals surface area (Å²) in [5.41, 5.74) is 4.04. The Morgan fingerprint density at radius 2 is 2.00 bits per heavy atom. The lowest BCUT2D eigenvalue weighted by Gasteiger charge is -2.08. The third-order valence-corrected chi connectivity index (χ3v) is 4.15. The van der Waals surface area contributed by atoms with Crippen molar-refractivity contribution in [1.29, 1.82) is 0 Å². The molecule has 0 saturated carbocycles. The molecule has 0 aliphatic heterocycles. The number of nitrogens with zero attached hydrogens (tertiary/aromatic N) is 2. The summed E-state index contributed by atoms with van der Waals surface area (Å²) in [5, 5.41) is 13.4. The molecule has 27 heavy (non-hydrogen) atoms. The molecule has 1 aromatic carbocycles. The molecule has 0 aliphatic carbocycles. The minimum absolute atomic E-state index is 0.00826. The highest BCUT2D eigenvalue weighted by molar-refractivity contribution is 5.76. The normalized spacial score (nSPS) is 10.6. The number of hydrogen-bond donors (Lipinski definition) is 3. The number of rotatable bonds is 9. The van der Waals surface area contributed by atoms with Crippen molar-refractivity contribution in [3.63, 3.8) is 0 Å². The van der Waals surface area contributed by atoms with Crippen LogP contribution < -0.4 is 15.4 Å². The Morgan fingerprint density at radius 1 is 1.15 bits per heavy atom. The molecular formula is C20H23N5O2. The number of hydrogen-bond acceptors (Lipinski definition) is 5. The van der Waals surface area contributed by atoms with Crippen LogP contribution in [-0.4, -0.2) is 34.7 Å². The van der Waals surface area contributed by atoms with Crippen molar-refractivity contribution in [2.24, 2.45) is 0 Å². The standard InChI is InChI=1S/C20H23N5O2/c1-27-18-6-4-16(5-7-18)20-17(14-24-25-20)13-22-10-8-19(26)23-12-15-3-2-9-21-11-15/h2-7,9,11,14,22H,8,10,12-13H2,1H3,(H,23,26)(H,24,25). The maximum atomic E-state index is 11.9. The quantitative estimate of drug-likeness (QED) is 0.506. The predicted octanol–water partition coefficient (Wildman–Crippen LogP) is 2.28. The largest absolute Gasteiger partial charge is 0.497 e. The topological polar surface area (TPSA) is 91.9 Å². The van der Waals surface area contributed by atoms with Gasteiger partial charge in [0.2, 0.25) is 5.91 Å². The van der Waals surface area contributed by atoms with Crippen molar-refractivity contribution in [2.45, 2.75) is 19.5 Å². The van der Waals surface area contributed by atoms with Crippen LogP contribution in [0.15, 0.2) is 55.0 Å². The van der Waals surface area contributed by atoms with Crippen molar-refractivity contribution in [2.75, 3.05) is 13.7 Å². The lowest BCUT2D eigenvalue weighted by molar-refractivity contribution is -0.121. The van der Waals surface area contributed by atoms with E-state index in [0.717, 1.165) is 28.1 Å². The Morgan fingerprint density at radius 3 is 2.74 bits per heavy atom. The van der Waals surface area contributed by atoms with Crippen molar-refractivity contribution in [3.8, 4) is 17.0 Å². The fraction of sp³-hybridized carbons (Fsp3) is 0.250. The number of H-pyrrole nitrogens is 1. The lowest BCUT2D eigenvalue weighted by atomic mass is 10.1. The minimum atomic E-state index is 0.00826. The number of carbonyl (C=O) groups is 1. The second-order valence-electron chi connectivity index (χ2n) is 6.06. The van der Waals surface area contributed by atoms with E-state index in [1.807, 2.05) is 36.4 Å². The van der Waals surface area contributed by atoms with Crippen molar-refractivity contribution in [3.05, 3.63) is 66.1 Å². The van der Waals surface area contributed by atoms with Crippen LogP contribution in [0.25, 0.3) is 11.3 Å². The highest BCUT2D eigenvalue weighted by Gasteiger charge is 2.08. The number of nitrogens with one attached hydrogen (secondary N) is 3. The Kier molecular flexibility index (Phi) is 6.54. The summed E-state index contributed by atoms with van der Waals surface area (Å²) < 4.78 is 5.19. The molecule has 7 nitrogen and oxygen atoms in total. The SMILES string of the molecule is COc1ccc(-c2[nH]ncc2CNCCC(=O)NCc2cccnc2)cc1. The third kappa shape index (κ3) is 5.39. The number of benzene rings is 1. The Balaban J connectivity index is 1.43. The molecule has 3 rings (SSSR count). The number of amides is 1. The van der Waals surface area contributed by atoms with E-state index in [1.165, 1.54) is 0 Å². The molecule has 0 fully saturated rings. The van der Waals surface area contributed by atoms with Crippen LogP contribution in [0.5, 0.6) is 5.75 Å². The molecule has 0 spiro atoms.